The molecule has 0 fully saturated rings. The number of hydrogen-bond acceptors (Lipinski definition) is 7. The molecule has 10 heteroatoms. The van der Waals surface area contributed by atoms with E-state index in [1.54, 1.807) is 44.6 Å². The smallest absolute Gasteiger partial charge is 0.234 e. The van der Waals surface area contributed by atoms with Crippen molar-refractivity contribution < 1.29 is 19.0 Å². The summed E-state index contributed by atoms with van der Waals surface area (Å²) in [5.41, 5.74) is 1.42. The van der Waals surface area contributed by atoms with Gasteiger partial charge in [-0.3, -0.25) is 9.36 Å². The van der Waals surface area contributed by atoms with Crippen molar-refractivity contribution in [3.8, 4) is 22.9 Å². The summed E-state index contributed by atoms with van der Waals surface area (Å²) in [6, 6.07) is 22.0. The quantitative estimate of drug-likeness (QED) is 0.291. The van der Waals surface area contributed by atoms with Gasteiger partial charge in [-0.05, 0) is 48.5 Å². The second-order valence-corrected chi connectivity index (χ2v) is 8.60. The van der Waals surface area contributed by atoms with Gasteiger partial charge in [-0.2, -0.15) is 0 Å². The van der Waals surface area contributed by atoms with Gasteiger partial charge in [-0.15, -0.1) is 10.2 Å². The highest BCUT2D eigenvalue weighted by Crippen LogP contribution is 2.30. The molecule has 0 bridgehead atoms. The highest BCUT2D eigenvalue weighted by atomic mass is 35.5. The summed E-state index contributed by atoms with van der Waals surface area (Å²) in [5, 5.41) is 12.6. The third-order valence-corrected chi connectivity index (χ3v) is 6.08. The van der Waals surface area contributed by atoms with E-state index in [9.17, 15) is 4.79 Å². The summed E-state index contributed by atoms with van der Waals surface area (Å²) in [4.78, 5) is 12.6. The fraction of sp³-hybridized carbons (Fsp3) is 0.160. The highest BCUT2D eigenvalue weighted by molar-refractivity contribution is 7.99. The number of para-hydroxylation sites is 1. The van der Waals surface area contributed by atoms with Crippen LogP contribution >= 0.6 is 23.4 Å². The largest absolute Gasteiger partial charge is 0.493 e. The van der Waals surface area contributed by atoms with Gasteiger partial charge in [0, 0.05) is 22.5 Å². The van der Waals surface area contributed by atoms with E-state index in [0.29, 0.717) is 33.2 Å². The van der Waals surface area contributed by atoms with E-state index < -0.39 is 0 Å². The van der Waals surface area contributed by atoms with Crippen molar-refractivity contribution >= 4 is 35.0 Å². The first-order chi connectivity index (χ1) is 17.1. The standard InChI is InChI=1S/C25H23ClN4O4S/c1-32-21-13-10-18(14-22(21)33-2)27-24(31)16-35-25-29-28-23(15-34-20-6-4-3-5-7-20)30(25)19-11-8-17(26)9-12-19/h3-14H,15-16H2,1-2H3,(H,27,31). The van der Waals surface area contributed by atoms with Gasteiger partial charge in [0.1, 0.15) is 12.4 Å². The molecule has 0 unspecified atom stereocenters. The van der Waals surface area contributed by atoms with Crippen LogP contribution in [-0.2, 0) is 11.4 Å². The molecule has 0 atom stereocenters. The number of amides is 1. The number of rotatable bonds is 10. The lowest BCUT2D eigenvalue weighted by molar-refractivity contribution is -0.113. The number of nitrogens with one attached hydrogen (secondary N) is 1. The molecular formula is C25H23ClN4O4S. The summed E-state index contributed by atoms with van der Waals surface area (Å²) in [5.74, 6) is 2.36. The lowest BCUT2D eigenvalue weighted by Gasteiger charge is -2.12. The summed E-state index contributed by atoms with van der Waals surface area (Å²) < 4.78 is 18.3. The maximum atomic E-state index is 12.6. The van der Waals surface area contributed by atoms with Crippen LogP contribution in [0.2, 0.25) is 5.02 Å². The number of ether oxygens (including phenoxy) is 3. The van der Waals surface area contributed by atoms with Crippen molar-refractivity contribution in [3.05, 3.63) is 83.6 Å². The molecule has 0 radical (unpaired) electrons. The molecule has 8 nitrogen and oxygen atoms in total. The molecule has 0 aliphatic rings. The zero-order chi connectivity index (χ0) is 24.6. The number of aromatic nitrogens is 3. The van der Waals surface area contributed by atoms with Crippen molar-refractivity contribution in [1.29, 1.82) is 0 Å². The number of nitrogens with zero attached hydrogens (tertiary/aromatic N) is 3. The van der Waals surface area contributed by atoms with Crippen LogP contribution in [-0.4, -0.2) is 40.6 Å². The number of benzene rings is 3. The van der Waals surface area contributed by atoms with Gasteiger partial charge in [0.05, 0.1) is 20.0 Å². The first kappa shape index (κ1) is 24.4. The molecule has 180 valence electrons. The van der Waals surface area contributed by atoms with Gasteiger partial charge >= 0.3 is 0 Å². The maximum absolute atomic E-state index is 12.6. The van der Waals surface area contributed by atoms with Crippen molar-refractivity contribution in [3.63, 3.8) is 0 Å². The van der Waals surface area contributed by atoms with E-state index >= 15 is 0 Å². The minimum atomic E-state index is -0.199. The molecule has 0 aliphatic heterocycles. The van der Waals surface area contributed by atoms with E-state index in [4.69, 9.17) is 25.8 Å². The van der Waals surface area contributed by atoms with Gasteiger partial charge in [0.25, 0.3) is 0 Å². The van der Waals surface area contributed by atoms with E-state index in [0.717, 1.165) is 11.4 Å². The molecule has 1 heterocycles. The van der Waals surface area contributed by atoms with Crippen LogP contribution < -0.4 is 19.5 Å². The van der Waals surface area contributed by atoms with Crippen LogP contribution in [0.15, 0.2) is 78.0 Å². The van der Waals surface area contributed by atoms with Gasteiger partial charge in [0.15, 0.2) is 22.5 Å². The van der Waals surface area contributed by atoms with Crippen LogP contribution in [0.5, 0.6) is 17.2 Å². The Morgan fingerprint density at radius 3 is 2.43 bits per heavy atom. The predicted octanol–water partition coefficient (Wildman–Crippen LogP) is 5.25. The molecule has 1 N–H and O–H groups in total. The third-order valence-electron chi connectivity index (χ3n) is 4.90. The normalized spacial score (nSPS) is 10.6. The van der Waals surface area contributed by atoms with E-state index in [2.05, 4.69) is 15.5 Å². The lowest BCUT2D eigenvalue weighted by Crippen LogP contribution is -2.15. The van der Waals surface area contributed by atoms with Crippen LogP contribution in [0.1, 0.15) is 5.82 Å². The molecular weight excluding hydrogens is 488 g/mol. The first-order valence-electron chi connectivity index (χ1n) is 10.6. The molecule has 0 saturated heterocycles. The molecule has 4 aromatic rings. The number of carbonyl (C=O) groups is 1. The molecule has 35 heavy (non-hydrogen) atoms. The summed E-state index contributed by atoms with van der Waals surface area (Å²) in [6.07, 6.45) is 0. The Morgan fingerprint density at radius 1 is 0.971 bits per heavy atom. The average Bonchev–Trinajstić information content (AvgIpc) is 3.30. The second kappa shape index (κ2) is 11.6. The zero-order valence-electron chi connectivity index (χ0n) is 19.1. The second-order valence-electron chi connectivity index (χ2n) is 7.22. The maximum Gasteiger partial charge on any atom is 0.234 e. The van der Waals surface area contributed by atoms with Gasteiger partial charge in [-0.25, -0.2) is 0 Å². The van der Waals surface area contributed by atoms with Gasteiger partial charge in [0.2, 0.25) is 5.91 Å². The van der Waals surface area contributed by atoms with E-state index in [-0.39, 0.29) is 18.3 Å². The third kappa shape index (κ3) is 6.26. The van der Waals surface area contributed by atoms with Crippen LogP contribution in [0, 0.1) is 0 Å². The van der Waals surface area contributed by atoms with Gasteiger partial charge < -0.3 is 19.5 Å². The Hall–Kier alpha value is -3.69. The summed E-state index contributed by atoms with van der Waals surface area (Å²) >= 11 is 7.34. The minimum absolute atomic E-state index is 0.125. The topological polar surface area (TPSA) is 87.5 Å². The predicted molar refractivity (Wildman–Crippen MR) is 136 cm³/mol. The van der Waals surface area contributed by atoms with Crippen LogP contribution in [0.25, 0.3) is 5.69 Å². The van der Waals surface area contributed by atoms with Crippen molar-refractivity contribution in [1.82, 2.24) is 14.8 Å². The zero-order valence-corrected chi connectivity index (χ0v) is 20.7. The summed E-state index contributed by atoms with van der Waals surface area (Å²) in [7, 11) is 3.10. The number of halogens is 1. The van der Waals surface area contributed by atoms with Crippen molar-refractivity contribution in [2.75, 3.05) is 25.3 Å². The SMILES string of the molecule is COc1ccc(NC(=O)CSc2nnc(COc3ccccc3)n2-c2ccc(Cl)cc2)cc1OC. The van der Waals surface area contributed by atoms with Crippen molar-refractivity contribution in [2.24, 2.45) is 0 Å². The molecule has 1 aromatic heterocycles. The number of hydrogen-bond donors (Lipinski definition) is 1. The fourth-order valence-corrected chi connectivity index (χ4v) is 4.14. The molecule has 0 spiro atoms. The fourth-order valence-electron chi connectivity index (χ4n) is 3.24. The van der Waals surface area contributed by atoms with Crippen LogP contribution in [0.3, 0.4) is 0 Å². The number of methoxy groups -OCH3 is 2. The Morgan fingerprint density at radius 2 is 1.71 bits per heavy atom. The van der Waals surface area contributed by atoms with Gasteiger partial charge in [-0.1, -0.05) is 41.6 Å². The molecule has 3 aromatic carbocycles. The Balaban J connectivity index is 1.49. The molecule has 1 amide bonds. The number of anilines is 1. The first-order valence-corrected chi connectivity index (χ1v) is 12.0. The Labute approximate surface area is 212 Å². The van der Waals surface area contributed by atoms with E-state index in [1.807, 2.05) is 47.0 Å². The Bertz CT molecular complexity index is 1280. The van der Waals surface area contributed by atoms with E-state index in [1.165, 1.54) is 11.8 Å². The summed E-state index contributed by atoms with van der Waals surface area (Å²) in [6.45, 7) is 0.206. The number of thioether (sulfide) groups is 1. The average molecular weight is 511 g/mol. The van der Waals surface area contributed by atoms with Crippen molar-refractivity contribution in [2.45, 2.75) is 11.8 Å². The number of carbonyl (C=O) groups excluding carboxylic acids is 1. The highest BCUT2D eigenvalue weighted by Gasteiger charge is 2.17. The van der Waals surface area contributed by atoms with Crippen LogP contribution in [0.4, 0.5) is 5.69 Å². The lowest BCUT2D eigenvalue weighted by atomic mass is 10.2. The Kier molecular flexibility index (Phi) is 8.12. The minimum Gasteiger partial charge on any atom is -0.493 e. The molecule has 0 aliphatic carbocycles. The molecule has 4 rings (SSSR count). The molecule has 0 saturated carbocycles. The monoisotopic (exact) mass is 510 g/mol.